The maximum Gasteiger partial charge on any atom is 0.294 e. The van der Waals surface area contributed by atoms with Gasteiger partial charge in [-0.2, -0.15) is 0 Å². The van der Waals surface area contributed by atoms with Crippen LogP contribution in [0.2, 0.25) is 0 Å². The van der Waals surface area contributed by atoms with E-state index in [-0.39, 0.29) is 5.56 Å². The molecular weight excluding hydrogens is 384 g/mol. The summed E-state index contributed by atoms with van der Waals surface area (Å²) in [6.07, 6.45) is 2.49. The molecule has 0 spiro atoms. The number of nitrogens with zero attached hydrogens (tertiary/aromatic N) is 3. The lowest BCUT2D eigenvalue weighted by Gasteiger charge is -2.50. The lowest BCUT2D eigenvalue weighted by Crippen LogP contribution is -2.60. The first-order valence-corrected chi connectivity index (χ1v) is 9.43. The molecule has 3 aromatic rings. The molecule has 0 amide bonds. The lowest BCUT2D eigenvalue weighted by atomic mass is 9.91. The number of nitrogens with one attached hydrogen (secondary N) is 1. The number of piperidine rings is 2. The molecule has 3 aliphatic heterocycles. The second-order valence-electron chi connectivity index (χ2n) is 7.19. The Morgan fingerprint density at radius 3 is 2.92 bits per heavy atom. The summed E-state index contributed by atoms with van der Waals surface area (Å²) < 4.78 is 6.65. The van der Waals surface area contributed by atoms with E-state index in [1.165, 1.54) is 12.8 Å². The molecular formula is C18H19BrN4O2. The van der Waals surface area contributed by atoms with Gasteiger partial charge in [0, 0.05) is 35.0 Å². The van der Waals surface area contributed by atoms with Gasteiger partial charge in [0.15, 0.2) is 0 Å². The molecule has 1 aromatic carbocycles. The highest BCUT2D eigenvalue weighted by Crippen LogP contribution is 2.30. The van der Waals surface area contributed by atoms with Crippen LogP contribution in [-0.2, 0) is 6.54 Å². The van der Waals surface area contributed by atoms with Crippen LogP contribution >= 0.6 is 15.9 Å². The molecule has 6 rings (SSSR count). The summed E-state index contributed by atoms with van der Waals surface area (Å²) >= 11 is 3.48. The van der Waals surface area contributed by atoms with Crippen LogP contribution in [-0.4, -0.2) is 52.0 Å². The van der Waals surface area contributed by atoms with E-state index >= 15 is 0 Å². The zero-order valence-electron chi connectivity index (χ0n) is 14.0. The van der Waals surface area contributed by atoms with E-state index in [1.54, 1.807) is 0 Å². The van der Waals surface area contributed by atoms with Crippen molar-refractivity contribution in [1.82, 2.24) is 19.8 Å². The van der Waals surface area contributed by atoms with Gasteiger partial charge in [-0.25, -0.2) is 4.98 Å². The largest absolute Gasteiger partial charge is 0.449 e. The van der Waals surface area contributed by atoms with E-state index in [0.29, 0.717) is 35.3 Å². The number of fused-ring (bicyclic) bond motifs is 6. The van der Waals surface area contributed by atoms with Crippen molar-refractivity contribution >= 4 is 38.0 Å². The highest BCUT2D eigenvalue weighted by molar-refractivity contribution is 9.10. The summed E-state index contributed by atoms with van der Waals surface area (Å²) in [5.74, 6) is 0.718. The molecule has 130 valence electrons. The van der Waals surface area contributed by atoms with Crippen molar-refractivity contribution in [2.75, 3.05) is 20.1 Å². The normalized spacial score (nSPS) is 24.6. The topological polar surface area (TPSA) is 65.4 Å². The summed E-state index contributed by atoms with van der Waals surface area (Å²) in [4.78, 5) is 25.0. The molecule has 3 fully saturated rings. The molecule has 2 atom stereocenters. The summed E-state index contributed by atoms with van der Waals surface area (Å²) in [5, 5.41) is 0.872. The highest BCUT2D eigenvalue weighted by atomic mass is 79.9. The Kier molecular flexibility index (Phi) is 3.52. The van der Waals surface area contributed by atoms with Gasteiger partial charge in [-0.3, -0.25) is 9.69 Å². The fourth-order valence-electron chi connectivity index (χ4n) is 4.26. The number of rotatable bonds is 2. The van der Waals surface area contributed by atoms with Crippen molar-refractivity contribution in [1.29, 1.82) is 0 Å². The van der Waals surface area contributed by atoms with E-state index in [1.807, 2.05) is 18.2 Å². The van der Waals surface area contributed by atoms with Crippen molar-refractivity contribution < 1.29 is 4.42 Å². The molecule has 3 saturated heterocycles. The SMILES string of the molecule is CN1C[C@@H]2CC[C@H]1CN2Cc1nc2c(oc3ccc(Br)cc32)c(=O)[nH]1. The number of aromatic amines is 1. The quantitative estimate of drug-likeness (QED) is 0.713. The van der Waals surface area contributed by atoms with Crippen molar-refractivity contribution in [3.05, 3.63) is 38.9 Å². The Bertz CT molecular complexity index is 1030. The van der Waals surface area contributed by atoms with Crippen LogP contribution in [0.5, 0.6) is 0 Å². The Balaban J connectivity index is 1.55. The molecule has 0 radical (unpaired) electrons. The zero-order valence-corrected chi connectivity index (χ0v) is 15.5. The van der Waals surface area contributed by atoms with E-state index in [4.69, 9.17) is 9.40 Å². The number of benzene rings is 1. The predicted octanol–water partition coefficient (Wildman–Crippen LogP) is 2.71. The second kappa shape index (κ2) is 5.65. The fourth-order valence-corrected chi connectivity index (χ4v) is 4.62. The molecule has 25 heavy (non-hydrogen) atoms. The molecule has 6 nitrogen and oxygen atoms in total. The molecule has 7 heteroatoms. The van der Waals surface area contributed by atoms with Crippen molar-refractivity contribution in [3.8, 4) is 0 Å². The third-order valence-electron chi connectivity index (χ3n) is 5.60. The smallest absolute Gasteiger partial charge is 0.294 e. The Hall–Kier alpha value is -1.70. The first-order chi connectivity index (χ1) is 12.1. The van der Waals surface area contributed by atoms with Crippen LogP contribution in [0.3, 0.4) is 0 Å². The first-order valence-electron chi connectivity index (χ1n) is 8.64. The zero-order chi connectivity index (χ0) is 17.1. The van der Waals surface area contributed by atoms with E-state index in [2.05, 4.69) is 37.8 Å². The molecule has 3 aliphatic rings. The minimum Gasteiger partial charge on any atom is -0.449 e. The number of piperazine rings is 1. The number of likely N-dealkylation sites (N-methyl/N-ethyl adjacent to an activating group) is 1. The van der Waals surface area contributed by atoms with E-state index in [0.717, 1.165) is 28.8 Å². The molecule has 0 unspecified atom stereocenters. The highest BCUT2D eigenvalue weighted by Gasteiger charge is 2.37. The van der Waals surface area contributed by atoms with Gasteiger partial charge in [-0.15, -0.1) is 0 Å². The maximum atomic E-state index is 12.5. The van der Waals surface area contributed by atoms with Crippen LogP contribution in [0.1, 0.15) is 18.7 Å². The third kappa shape index (κ3) is 2.53. The third-order valence-corrected chi connectivity index (χ3v) is 6.10. The van der Waals surface area contributed by atoms with Gasteiger partial charge in [0.25, 0.3) is 5.56 Å². The number of hydrogen-bond donors (Lipinski definition) is 1. The van der Waals surface area contributed by atoms with Gasteiger partial charge in [0.1, 0.15) is 16.9 Å². The van der Waals surface area contributed by atoms with Gasteiger partial charge >= 0.3 is 0 Å². The van der Waals surface area contributed by atoms with Crippen molar-refractivity contribution in [2.24, 2.45) is 0 Å². The van der Waals surface area contributed by atoms with Gasteiger partial charge < -0.3 is 14.3 Å². The number of aromatic nitrogens is 2. The summed E-state index contributed by atoms with van der Waals surface area (Å²) in [6, 6.07) is 6.88. The van der Waals surface area contributed by atoms with Crippen molar-refractivity contribution in [2.45, 2.75) is 31.5 Å². The minimum absolute atomic E-state index is 0.202. The van der Waals surface area contributed by atoms with E-state index in [9.17, 15) is 4.79 Å². The molecule has 2 aromatic heterocycles. The predicted molar refractivity (Wildman–Crippen MR) is 99.7 cm³/mol. The Labute approximate surface area is 152 Å². The van der Waals surface area contributed by atoms with Crippen LogP contribution in [0.25, 0.3) is 22.1 Å². The van der Waals surface area contributed by atoms with Crippen LogP contribution in [0, 0.1) is 0 Å². The minimum atomic E-state index is -0.202. The molecule has 1 N–H and O–H groups in total. The lowest BCUT2D eigenvalue weighted by molar-refractivity contribution is -0.0123. The number of H-pyrrole nitrogens is 1. The molecule has 5 heterocycles. The summed E-state index contributed by atoms with van der Waals surface area (Å²) in [7, 11) is 2.20. The standard InChI is InChI=1S/C18H19BrN4O2/c1-22-7-12-4-3-11(22)8-23(12)9-15-20-16-13-6-10(19)2-5-14(13)25-17(16)18(24)21-15/h2,5-6,11-12H,3-4,7-9H2,1H3,(H,20,21,24)/t11-,12-/m0/s1. The van der Waals surface area contributed by atoms with Crippen molar-refractivity contribution in [3.63, 3.8) is 0 Å². The first kappa shape index (κ1) is 15.5. The maximum absolute atomic E-state index is 12.5. The Morgan fingerprint density at radius 1 is 1.32 bits per heavy atom. The summed E-state index contributed by atoms with van der Waals surface area (Å²) in [6.45, 7) is 2.82. The number of halogens is 1. The number of furan rings is 1. The monoisotopic (exact) mass is 402 g/mol. The molecule has 2 bridgehead atoms. The van der Waals surface area contributed by atoms with Crippen LogP contribution < -0.4 is 5.56 Å². The Morgan fingerprint density at radius 2 is 2.16 bits per heavy atom. The average Bonchev–Trinajstić information content (AvgIpc) is 2.95. The molecule has 0 aliphatic carbocycles. The number of hydrogen-bond acceptors (Lipinski definition) is 5. The average molecular weight is 403 g/mol. The van der Waals surface area contributed by atoms with Crippen LogP contribution in [0.15, 0.2) is 31.9 Å². The van der Waals surface area contributed by atoms with E-state index < -0.39 is 0 Å². The fraction of sp³-hybridized carbons (Fsp3) is 0.444. The molecule has 0 saturated carbocycles. The van der Waals surface area contributed by atoms with Gasteiger partial charge in [0.05, 0.1) is 6.54 Å². The van der Waals surface area contributed by atoms with Gasteiger partial charge in [0.2, 0.25) is 5.58 Å². The second-order valence-corrected chi connectivity index (χ2v) is 8.10. The van der Waals surface area contributed by atoms with Gasteiger partial charge in [-0.1, -0.05) is 15.9 Å². The summed E-state index contributed by atoms with van der Waals surface area (Å²) in [5.41, 5.74) is 1.43. The van der Waals surface area contributed by atoms with Crippen LogP contribution in [0.4, 0.5) is 0 Å². The van der Waals surface area contributed by atoms with Gasteiger partial charge in [-0.05, 0) is 38.1 Å².